The van der Waals surface area contributed by atoms with Gasteiger partial charge in [-0.15, -0.1) is 0 Å². The lowest BCUT2D eigenvalue weighted by Crippen LogP contribution is -2.51. The Labute approximate surface area is 246 Å². The third-order valence-electron chi connectivity index (χ3n) is 12.1. The highest BCUT2D eigenvalue weighted by Gasteiger charge is 2.63. The number of carbonyl (C=O) groups excluding carboxylic acids is 2. The summed E-state index contributed by atoms with van der Waals surface area (Å²) in [7, 11) is 0. The van der Waals surface area contributed by atoms with Crippen LogP contribution in [0.25, 0.3) is 0 Å². The molecule has 0 radical (unpaired) electrons. The molecule has 0 bridgehead atoms. The van der Waals surface area contributed by atoms with Crippen LogP contribution < -0.4 is 0 Å². The van der Waals surface area contributed by atoms with Crippen LogP contribution in [0.4, 0.5) is 0 Å². The Hall–Kier alpha value is -1.28. The molecule has 0 aromatic heterocycles. The number of ketones is 1. The Balaban J connectivity index is 1.44. The summed E-state index contributed by atoms with van der Waals surface area (Å²) < 4.78 is 18.3. The zero-order chi connectivity index (χ0) is 29.7. The van der Waals surface area contributed by atoms with Gasteiger partial charge in [0, 0.05) is 31.6 Å². The van der Waals surface area contributed by atoms with Gasteiger partial charge in [0.1, 0.15) is 5.78 Å². The summed E-state index contributed by atoms with van der Waals surface area (Å²) in [6.45, 7) is 12.8. The van der Waals surface area contributed by atoms with E-state index in [1.165, 1.54) is 12.5 Å². The molecule has 3 saturated carbocycles. The normalized spacial score (nSPS) is 44.8. The molecule has 5 rings (SSSR count). The molecule has 0 spiro atoms. The first-order valence-electron chi connectivity index (χ1n) is 16.4. The van der Waals surface area contributed by atoms with Crippen molar-refractivity contribution in [3.63, 3.8) is 0 Å². The number of aliphatic hydroxyl groups excluding tert-OH is 2. The number of carbonyl (C=O) groups is 2. The maximum Gasteiger partial charge on any atom is 0.303 e. The number of hydrogen-bond donors (Lipinski definition) is 2. The summed E-state index contributed by atoms with van der Waals surface area (Å²) in [6, 6.07) is 0. The van der Waals surface area contributed by atoms with E-state index in [1.54, 1.807) is 0 Å². The van der Waals surface area contributed by atoms with Crippen molar-refractivity contribution in [2.75, 3.05) is 6.61 Å². The molecule has 7 heteroatoms. The van der Waals surface area contributed by atoms with Crippen molar-refractivity contribution < 1.29 is 34.0 Å². The summed E-state index contributed by atoms with van der Waals surface area (Å²) in [5.41, 5.74) is 1.55. The van der Waals surface area contributed by atoms with E-state index < -0.39 is 24.5 Å². The summed E-state index contributed by atoms with van der Waals surface area (Å²) in [5, 5.41) is 20.6. The fourth-order valence-electron chi connectivity index (χ4n) is 9.94. The second-order valence-corrected chi connectivity index (χ2v) is 15.1. The number of allylic oxidation sites excluding steroid dienone is 1. The average molecular weight is 575 g/mol. The van der Waals surface area contributed by atoms with E-state index in [4.69, 9.17) is 14.2 Å². The molecular weight excluding hydrogens is 520 g/mol. The molecule has 4 aliphatic carbocycles. The lowest BCUT2D eigenvalue weighted by Gasteiger charge is -2.58. The SMILES string of the molecule is CC(=O)O[C@@H]1C[C@@H](O)COC1O[C@H]1CC2C3CC=C4C[C@@H](O)CC[C@]4(C)C3CC[C@]2(C)C1C(C)C(=O)CCC(C)C. The van der Waals surface area contributed by atoms with Gasteiger partial charge in [-0.2, -0.15) is 0 Å². The molecule has 0 amide bonds. The van der Waals surface area contributed by atoms with E-state index in [9.17, 15) is 19.8 Å². The van der Waals surface area contributed by atoms with E-state index >= 15 is 0 Å². The lowest BCUT2D eigenvalue weighted by molar-refractivity contribution is -0.264. The topological polar surface area (TPSA) is 102 Å². The van der Waals surface area contributed by atoms with E-state index in [1.807, 2.05) is 0 Å². The van der Waals surface area contributed by atoms with Gasteiger partial charge in [0.15, 0.2) is 12.4 Å². The zero-order valence-electron chi connectivity index (χ0n) is 26.1. The molecule has 0 aromatic carbocycles. The largest absolute Gasteiger partial charge is 0.457 e. The summed E-state index contributed by atoms with van der Waals surface area (Å²) in [5.74, 6) is 1.80. The highest BCUT2D eigenvalue weighted by atomic mass is 16.7. The number of ether oxygens (including phenoxy) is 3. The Bertz CT molecular complexity index is 1010. The van der Waals surface area contributed by atoms with Crippen molar-refractivity contribution in [2.24, 2.45) is 46.3 Å². The molecule has 12 atom stereocenters. The van der Waals surface area contributed by atoms with Crippen LogP contribution in [0.5, 0.6) is 0 Å². The molecule has 1 saturated heterocycles. The highest BCUT2D eigenvalue weighted by Crippen LogP contribution is 2.67. The molecule has 6 unspecified atom stereocenters. The number of aliphatic hydroxyl groups is 2. The average Bonchev–Trinajstić information content (AvgIpc) is 3.20. The summed E-state index contributed by atoms with van der Waals surface area (Å²) in [6.07, 6.45) is 8.50. The van der Waals surface area contributed by atoms with Gasteiger partial charge in [0.05, 0.1) is 24.9 Å². The maximum atomic E-state index is 13.7. The summed E-state index contributed by atoms with van der Waals surface area (Å²) in [4.78, 5) is 25.6. The van der Waals surface area contributed by atoms with Gasteiger partial charge in [0.25, 0.3) is 0 Å². The molecule has 41 heavy (non-hydrogen) atoms. The lowest BCUT2D eigenvalue weighted by atomic mass is 9.47. The molecule has 5 aliphatic rings. The fourth-order valence-corrected chi connectivity index (χ4v) is 9.94. The Morgan fingerprint density at radius 2 is 1.80 bits per heavy atom. The quantitative estimate of drug-likeness (QED) is 0.287. The molecule has 2 N–H and O–H groups in total. The van der Waals surface area contributed by atoms with Crippen LogP contribution in [-0.2, 0) is 23.8 Å². The van der Waals surface area contributed by atoms with E-state index in [2.05, 4.69) is 40.7 Å². The van der Waals surface area contributed by atoms with Gasteiger partial charge in [-0.1, -0.05) is 46.3 Å². The smallest absolute Gasteiger partial charge is 0.303 e. The van der Waals surface area contributed by atoms with Gasteiger partial charge in [-0.25, -0.2) is 0 Å². The van der Waals surface area contributed by atoms with Crippen LogP contribution in [0.2, 0.25) is 0 Å². The van der Waals surface area contributed by atoms with E-state index in [0.717, 1.165) is 51.4 Å². The first-order chi connectivity index (χ1) is 19.3. The van der Waals surface area contributed by atoms with Gasteiger partial charge < -0.3 is 24.4 Å². The third kappa shape index (κ3) is 5.94. The second kappa shape index (κ2) is 12.0. The Morgan fingerprint density at radius 1 is 1.05 bits per heavy atom. The predicted octanol–water partition coefficient (Wildman–Crippen LogP) is 5.60. The highest BCUT2D eigenvalue weighted by molar-refractivity contribution is 5.81. The second-order valence-electron chi connectivity index (χ2n) is 15.1. The van der Waals surface area contributed by atoms with Crippen LogP contribution in [0, 0.1) is 46.3 Å². The molecule has 4 fully saturated rings. The molecule has 7 nitrogen and oxygen atoms in total. The number of esters is 1. The van der Waals surface area contributed by atoms with Gasteiger partial charge in [-0.3, -0.25) is 9.59 Å². The Morgan fingerprint density at radius 3 is 2.51 bits per heavy atom. The number of hydrogen-bond acceptors (Lipinski definition) is 7. The van der Waals surface area contributed by atoms with Gasteiger partial charge in [-0.05, 0) is 85.9 Å². The molecule has 1 aliphatic heterocycles. The number of rotatable bonds is 8. The number of Topliss-reactive ketones (excluding diaryl/α,β-unsaturated/α-hetero) is 1. The van der Waals surface area contributed by atoms with Crippen LogP contribution in [-0.4, -0.2) is 59.3 Å². The van der Waals surface area contributed by atoms with Crippen LogP contribution in [0.3, 0.4) is 0 Å². The zero-order valence-corrected chi connectivity index (χ0v) is 26.1. The minimum Gasteiger partial charge on any atom is -0.457 e. The minimum atomic E-state index is -0.748. The first kappa shape index (κ1) is 31.2. The van der Waals surface area contributed by atoms with Gasteiger partial charge >= 0.3 is 5.97 Å². The van der Waals surface area contributed by atoms with Crippen LogP contribution >= 0.6 is 0 Å². The van der Waals surface area contributed by atoms with Crippen molar-refractivity contribution in [2.45, 2.75) is 136 Å². The first-order valence-corrected chi connectivity index (χ1v) is 16.4. The Kier molecular flexibility index (Phi) is 9.13. The van der Waals surface area contributed by atoms with Crippen LogP contribution in [0.15, 0.2) is 11.6 Å². The fraction of sp³-hybridized carbons (Fsp3) is 0.882. The van der Waals surface area contributed by atoms with Crippen molar-refractivity contribution >= 4 is 11.8 Å². The molecule has 232 valence electrons. The van der Waals surface area contributed by atoms with Crippen molar-refractivity contribution in [1.82, 2.24) is 0 Å². The van der Waals surface area contributed by atoms with Gasteiger partial charge in [0.2, 0.25) is 0 Å². The predicted molar refractivity (Wildman–Crippen MR) is 156 cm³/mol. The van der Waals surface area contributed by atoms with E-state index in [0.29, 0.717) is 35.9 Å². The van der Waals surface area contributed by atoms with Crippen molar-refractivity contribution in [1.29, 1.82) is 0 Å². The molecule has 0 aromatic rings. The van der Waals surface area contributed by atoms with Crippen molar-refractivity contribution in [3.8, 4) is 0 Å². The standard InChI is InChI=1S/C34H54O7/c1-19(2)7-10-28(38)20(3)31-29(41-32-30(40-21(4)35)16-24(37)18-39-32)17-27-25-9-8-22-15-23(36)11-13-33(22,5)26(25)12-14-34(27,31)6/h8,19-20,23-27,29-32,36-37H,7,9-18H2,1-6H3/t20?,23-,24+,25?,26?,27?,29-,30+,31?,32?,33-,34-/m0/s1. The summed E-state index contributed by atoms with van der Waals surface area (Å²) >= 11 is 0. The monoisotopic (exact) mass is 574 g/mol. The maximum absolute atomic E-state index is 13.7. The number of fused-ring (bicyclic) bond motifs is 5. The van der Waals surface area contributed by atoms with Crippen LogP contribution in [0.1, 0.15) is 106 Å². The molecule has 1 heterocycles. The van der Waals surface area contributed by atoms with Crippen molar-refractivity contribution in [3.05, 3.63) is 11.6 Å². The van der Waals surface area contributed by atoms with E-state index in [-0.39, 0.29) is 47.9 Å². The third-order valence-corrected chi connectivity index (χ3v) is 12.1. The molecular formula is C34H54O7. The minimum absolute atomic E-state index is 0.0419.